The van der Waals surface area contributed by atoms with Crippen molar-refractivity contribution in [2.45, 2.75) is 26.2 Å². The van der Waals surface area contributed by atoms with Crippen LogP contribution >= 0.6 is 0 Å². The number of pyridine rings is 1. The van der Waals surface area contributed by atoms with E-state index in [4.69, 9.17) is 10.9 Å². The van der Waals surface area contributed by atoms with Crippen LogP contribution in [0.5, 0.6) is 0 Å². The molecule has 1 aliphatic rings. The molecule has 1 aromatic heterocycles. The Morgan fingerprint density at radius 1 is 1.57 bits per heavy atom. The first kappa shape index (κ1) is 15.0. The van der Waals surface area contributed by atoms with Crippen molar-refractivity contribution in [1.29, 1.82) is 0 Å². The van der Waals surface area contributed by atoms with Crippen LogP contribution in [-0.4, -0.2) is 34.0 Å². The molecule has 1 aromatic rings. The monoisotopic (exact) mass is 293 g/mol. The maximum absolute atomic E-state index is 11.0. The quantitative estimate of drug-likeness (QED) is 0.287. The molecule has 114 valence electrons. The van der Waals surface area contributed by atoms with Gasteiger partial charge in [-0.15, -0.1) is 0 Å². The van der Waals surface area contributed by atoms with Crippen molar-refractivity contribution in [3.05, 3.63) is 27.9 Å². The van der Waals surface area contributed by atoms with E-state index in [2.05, 4.69) is 22.0 Å². The van der Waals surface area contributed by atoms with Gasteiger partial charge in [-0.25, -0.2) is 4.98 Å². The minimum Gasteiger partial charge on any atom is -0.409 e. The predicted octanol–water partition coefficient (Wildman–Crippen LogP) is 1.71. The number of hydrogen-bond donors (Lipinski definition) is 2. The molecule has 8 nitrogen and oxygen atoms in total. The second kappa shape index (κ2) is 6.38. The smallest absolute Gasteiger partial charge is 0.298 e. The van der Waals surface area contributed by atoms with Crippen LogP contribution in [-0.2, 0) is 0 Å². The minimum atomic E-state index is -0.590. The Labute approximate surface area is 122 Å². The molecule has 3 N–H and O–H groups in total. The molecular formula is C13H19N5O3. The van der Waals surface area contributed by atoms with E-state index in [1.165, 1.54) is 6.07 Å². The zero-order chi connectivity index (χ0) is 15.4. The van der Waals surface area contributed by atoms with E-state index in [1.54, 1.807) is 6.07 Å². The molecule has 0 unspecified atom stereocenters. The molecule has 0 atom stereocenters. The van der Waals surface area contributed by atoms with Gasteiger partial charge in [0.2, 0.25) is 0 Å². The lowest BCUT2D eigenvalue weighted by Crippen LogP contribution is -2.34. The molecule has 8 heteroatoms. The first-order valence-corrected chi connectivity index (χ1v) is 6.95. The standard InChI is InChI=1S/C13H19N5O3/c1-2-9-5-7-17(8-6-9)11-4-3-10(18(20)21)12(15-11)13(14)16-19/h3-4,9,19H,2,5-8H2,1H3,(H2,14,16). The third kappa shape index (κ3) is 3.21. The lowest BCUT2D eigenvalue weighted by molar-refractivity contribution is -0.385. The van der Waals surface area contributed by atoms with E-state index in [-0.39, 0.29) is 17.2 Å². The number of aromatic nitrogens is 1. The highest BCUT2D eigenvalue weighted by Crippen LogP contribution is 2.26. The fourth-order valence-electron chi connectivity index (χ4n) is 2.57. The number of rotatable bonds is 4. The largest absolute Gasteiger partial charge is 0.409 e. The minimum absolute atomic E-state index is 0.0994. The summed E-state index contributed by atoms with van der Waals surface area (Å²) in [5.74, 6) is 0.992. The molecule has 0 saturated carbocycles. The van der Waals surface area contributed by atoms with Crippen LogP contribution in [0.1, 0.15) is 31.9 Å². The zero-order valence-electron chi connectivity index (χ0n) is 11.9. The highest BCUT2D eigenvalue weighted by Gasteiger charge is 2.23. The van der Waals surface area contributed by atoms with Crippen LogP contribution in [0.4, 0.5) is 11.5 Å². The average Bonchev–Trinajstić information content (AvgIpc) is 2.53. The molecule has 0 aliphatic carbocycles. The van der Waals surface area contributed by atoms with Gasteiger partial charge in [-0.2, -0.15) is 0 Å². The number of nitro groups is 1. The summed E-state index contributed by atoms with van der Waals surface area (Å²) >= 11 is 0. The highest BCUT2D eigenvalue weighted by molar-refractivity contribution is 5.99. The van der Waals surface area contributed by atoms with Crippen molar-refractivity contribution in [2.75, 3.05) is 18.0 Å². The Kier molecular flexibility index (Phi) is 4.56. The second-order valence-corrected chi connectivity index (χ2v) is 5.12. The lowest BCUT2D eigenvalue weighted by Gasteiger charge is -2.32. The van der Waals surface area contributed by atoms with Gasteiger partial charge in [-0.05, 0) is 24.8 Å². The second-order valence-electron chi connectivity index (χ2n) is 5.12. The van der Waals surface area contributed by atoms with Crippen LogP contribution in [0.15, 0.2) is 17.3 Å². The van der Waals surface area contributed by atoms with E-state index < -0.39 is 4.92 Å². The molecule has 0 radical (unpaired) electrons. The van der Waals surface area contributed by atoms with Gasteiger partial charge in [-0.1, -0.05) is 18.5 Å². The summed E-state index contributed by atoms with van der Waals surface area (Å²) < 4.78 is 0. The third-order valence-electron chi connectivity index (χ3n) is 3.92. The first-order valence-electron chi connectivity index (χ1n) is 6.95. The SMILES string of the molecule is CCC1CCN(c2ccc([N+](=O)[O-])c(/C(N)=N/O)n2)CC1. The summed E-state index contributed by atoms with van der Waals surface area (Å²) in [5.41, 5.74) is 5.12. The normalized spacial score (nSPS) is 17.0. The average molecular weight is 293 g/mol. The van der Waals surface area contributed by atoms with Gasteiger partial charge in [0, 0.05) is 19.2 Å². The Balaban J connectivity index is 2.28. The lowest BCUT2D eigenvalue weighted by atomic mass is 9.94. The number of anilines is 1. The van der Waals surface area contributed by atoms with Crippen molar-refractivity contribution in [3.63, 3.8) is 0 Å². The van der Waals surface area contributed by atoms with Crippen LogP contribution in [0.3, 0.4) is 0 Å². The van der Waals surface area contributed by atoms with Gasteiger partial charge in [0.05, 0.1) is 4.92 Å². The van der Waals surface area contributed by atoms with E-state index in [9.17, 15) is 10.1 Å². The van der Waals surface area contributed by atoms with Crippen molar-refractivity contribution in [2.24, 2.45) is 16.8 Å². The van der Waals surface area contributed by atoms with Gasteiger partial charge in [0.15, 0.2) is 11.5 Å². The number of oxime groups is 1. The molecule has 2 rings (SSSR count). The summed E-state index contributed by atoms with van der Waals surface area (Å²) in [6, 6.07) is 2.96. The molecule has 21 heavy (non-hydrogen) atoms. The highest BCUT2D eigenvalue weighted by atomic mass is 16.6. The summed E-state index contributed by atoms with van der Waals surface area (Å²) in [4.78, 5) is 16.7. The van der Waals surface area contributed by atoms with Crippen LogP contribution < -0.4 is 10.6 Å². The molecule has 0 amide bonds. The van der Waals surface area contributed by atoms with Crippen molar-refractivity contribution in [1.82, 2.24) is 4.98 Å². The topological polar surface area (TPSA) is 118 Å². The zero-order valence-corrected chi connectivity index (χ0v) is 11.9. The Bertz CT molecular complexity index is 553. The van der Waals surface area contributed by atoms with E-state index in [0.29, 0.717) is 5.82 Å². The number of piperidine rings is 1. The number of hydrogen-bond acceptors (Lipinski definition) is 6. The van der Waals surface area contributed by atoms with E-state index >= 15 is 0 Å². The summed E-state index contributed by atoms with van der Waals surface area (Å²) in [6.45, 7) is 3.90. The Morgan fingerprint density at radius 2 is 2.24 bits per heavy atom. The fourth-order valence-corrected chi connectivity index (χ4v) is 2.57. The molecular weight excluding hydrogens is 274 g/mol. The van der Waals surface area contributed by atoms with Crippen LogP contribution in [0, 0.1) is 16.0 Å². The molecule has 1 saturated heterocycles. The van der Waals surface area contributed by atoms with Crippen LogP contribution in [0.2, 0.25) is 0 Å². The maximum atomic E-state index is 11.0. The maximum Gasteiger partial charge on any atom is 0.298 e. The molecule has 1 fully saturated rings. The molecule has 0 aromatic carbocycles. The van der Waals surface area contributed by atoms with Gasteiger partial charge in [-0.3, -0.25) is 10.1 Å². The van der Waals surface area contributed by atoms with Crippen molar-refractivity contribution >= 4 is 17.3 Å². The number of nitrogens with two attached hydrogens (primary N) is 1. The molecule has 0 bridgehead atoms. The molecule has 0 spiro atoms. The van der Waals surface area contributed by atoms with Gasteiger partial charge in [0.25, 0.3) is 5.69 Å². The van der Waals surface area contributed by atoms with Gasteiger partial charge < -0.3 is 15.8 Å². The number of nitrogens with zero attached hydrogens (tertiary/aromatic N) is 4. The van der Waals surface area contributed by atoms with Crippen molar-refractivity contribution < 1.29 is 10.1 Å². The van der Waals surface area contributed by atoms with E-state index in [0.717, 1.165) is 38.3 Å². The first-order chi connectivity index (χ1) is 10.1. The Morgan fingerprint density at radius 3 is 2.76 bits per heavy atom. The molecule has 1 aliphatic heterocycles. The summed E-state index contributed by atoms with van der Waals surface area (Å²) in [6.07, 6.45) is 3.32. The summed E-state index contributed by atoms with van der Waals surface area (Å²) in [7, 11) is 0. The summed E-state index contributed by atoms with van der Waals surface area (Å²) in [5, 5.41) is 22.5. The van der Waals surface area contributed by atoms with E-state index in [1.807, 2.05) is 0 Å². The number of amidine groups is 1. The van der Waals surface area contributed by atoms with Crippen LogP contribution in [0.25, 0.3) is 0 Å². The predicted molar refractivity (Wildman–Crippen MR) is 78.6 cm³/mol. The van der Waals surface area contributed by atoms with Crippen molar-refractivity contribution in [3.8, 4) is 0 Å². The van der Waals surface area contributed by atoms with Gasteiger partial charge >= 0.3 is 0 Å². The molecule has 2 heterocycles. The third-order valence-corrected chi connectivity index (χ3v) is 3.92. The fraction of sp³-hybridized carbons (Fsp3) is 0.538. The Hall–Kier alpha value is -2.38. The van der Waals surface area contributed by atoms with Gasteiger partial charge in [0.1, 0.15) is 5.82 Å².